The highest BCUT2D eigenvalue weighted by atomic mass is 32.1. The summed E-state index contributed by atoms with van der Waals surface area (Å²) in [6.07, 6.45) is 0.977. The van der Waals surface area contributed by atoms with Gasteiger partial charge < -0.3 is 10.1 Å². The Morgan fingerprint density at radius 1 is 1.18 bits per heavy atom. The van der Waals surface area contributed by atoms with Crippen LogP contribution in [0.2, 0.25) is 0 Å². The van der Waals surface area contributed by atoms with Crippen LogP contribution in [-0.2, 0) is 29.7 Å². The van der Waals surface area contributed by atoms with Crippen LogP contribution in [0.5, 0.6) is 0 Å². The lowest BCUT2D eigenvalue weighted by atomic mass is 9.95. The molecule has 0 fully saturated rings. The van der Waals surface area contributed by atoms with E-state index in [0.717, 1.165) is 34.5 Å². The quantitative estimate of drug-likeness (QED) is 0.882. The fraction of sp³-hybridized carbons (Fsp3) is 0.562. The molecule has 5 nitrogen and oxygen atoms in total. The SMILES string of the molecule is CCc1nc(CNc2cc(COC)nc(C(C)(C)C)n2)cs1. The van der Waals surface area contributed by atoms with Crippen molar-refractivity contribution >= 4 is 17.2 Å². The number of methoxy groups -OCH3 is 1. The van der Waals surface area contributed by atoms with Crippen molar-refractivity contribution in [1.29, 1.82) is 0 Å². The number of hydrogen-bond acceptors (Lipinski definition) is 6. The first-order chi connectivity index (χ1) is 10.4. The zero-order valence-electron chi connectivity index (χ0n) is 13.9. The molecule has 0 amide bonds. The van der Waals surface area contributed by atoms with Gasteiger partial charge in [-0.25, -0.2) is 15.0 Å². The number of hydrogen-bond donors (Lipinski definition) is 1. The van der Waals surface area contributed by atoms with E-state index in [4.69, 9.17) is 4.74 Å². The van der Waals surface area contributed by atoms with E-state index in [1.165, 1.54) is 0 Å². The van der Waals surface area contributed by atoms with Crippen LogP contribution in [-0.4, -0.2) is 22.1 Å². The molecule has 0 aromatic carbocycles. The van der Waals surface area contributed by atoms with E-state index >= 15 is 0 Å². The van der Waals surface area contributed by atoms with Gasteiger partial charge in [-0.2, -0.15) is 0 Å². The number of thiazole rings is 1. The fourth-order valence-electron chi connectivity index (χ4n) is 1.92. The summed E-state index contributed by atoms with van der Waals surface area (Å²) in [4.78, 5) is 13.8. The zero-order valence-corrected chi connectivity index (χ0v) is 14.8. The smallest absolute Gasteiger partial charge is 0.136 e. The van der Waals surface area contributed by atoms with Crippen molar-refractivity contribution in [2.75, 3.05) is 12.4 Å². The molecule has 1 N–H and O–H groups in total. The third-order valence-electron chi connectivity index (χ3n) is 3.09. The highest BCUT2D eigenvalue weighted by Gasteiger charge is 2.19. The Labute approximate surface area is 136 Å². The molecule has 120 valence electrons. The van der Waals surface area contributed by atoms with Crippen LogP contribution in [0.3, 0.4) is 0 Å². The van der Waals surface area contributed by atoms with Gasteiger partial charge in [0.05, 0.1) is 29.5 Å². The molecule has 0 saturated heterocycles. The molecular formula is C16H24N4OS. The minimum Gasteiger partial charge on any atom is -0.378 e. The molecular weight excluding hydrogens is 296 g/mol. The molecule has 0 aliphatic rings. The topological polar surface area (TPSA) is 59.9 Å². The van der Waals surface area contributed by atoms with Gasteiger partial charge >= 0.3 is 0 Å². The van der Waals surface area contributed by atoms with Crippen LogP contribution in [0.15, 0.2) is 11.4 Å². The van der Waals surface area contributed by atoms with Crippen molar-refractivity contribution in [3.05, 3.63) is 33.7 Å². The molecule has 0 saturated carbocycles. The Morgan fingerprint density at radius 2 is 1.95 bits per heavy atom. The molecule has 6 heteroatoms. The molecule has 2 aromatic rings. The second kappa shape index (κ2) is 7.15. The number of anilines is 1. The first kappa shape index (κ1) is 16.8. The highest BCUT2D eigenvalue weighted by Crippen LogP contribution is 2.21. The van der Waals surface area contributed by atoms with Gasteiger partial charge in [0, 0.05) is 24.0 Å². The van der Waals surface area contributed by atoms with Gasteiger partial charge in [0.2, 0.25) is 0 Å². The standard InChI is InChI=1S/C16H24N4OS/c1-6-14-18-12(10-22-14)8-17-13-7-11(9-21-5)19-15(20-13)16(2,3)4/h7,10H,6,8-9H2,1-5H3,(H,17,19,20). The van der Waals surface area contributed by atoms with Gasteiger partial charge in [-0.1, -0.05) is 27.7 Å². The van der Waals surface area contributed by atoms with E-state index in [9.17, 15) is 0 Å². The summed E-state index contributed by atoms with van der Waals surface area (Å²) in [6, 6.07) is 1.94. The van der Waals surface area contributed by atoms with Gasteiger partial charge in [0.1, 0.15) is 11.6 Å². The molecule has 2 rings (SSSR count). The Balaban J connectivity index is 2.16. The van der Waals surface area contributed by atoms with E-state index in [1.807, 2.05) is 6.07 Å². The summed E-state index contributed by atoms with van der Waals surface area (Å²) >= 11 is 1.70. The third-order valence-corrected chi connectivity index (χ3v) is 4.14. The lowest BCUT2D eigenvalue weighted by Crippen LogP contribution is -2.18. The molecule has 0 aliphatic carbocycles. The van der Waals surface area contributed by atoms with Crippen molar-refractivity contribution in [2.24, 2.45) is 0 Å². The second-order valence-corrected chi connectivity index (χ2v) is 7.13. The Bertz CT molecular complexity index is 619. The predicted octanol–water partition coefficient (Wildman–Crippen LogP) is 3.55. The van der Waals surface area contributed by atoms with E-state index in [-0.39, 0.29) is 5.41 Å². The summed E-state index contributed by atoms with van der Waals surface area (Å²) < 4.78 is 5.20. The summed E-state index contributed by atoms with van der Waals surface area (Å²) in [7, 11) is 1.67. The predicted molar refractivity (Wildman–Crippen MR) is 90.3 cm³/mol. The molecule has 0 bridgehead atoms. The molecule has 0 aliphatic heterocycles. The summed E-state index contributed by atoms with van der Waals surface area (Å²) in [5.41, 5.74) is 1.83. The average molecular weight is 320 g/mol. The second-order valence-electron chi connectivity index (χ2n) is 6.19. The zero-order chi connectivity index (χ0) is 16.2. The number of ether oxygens (including phenoxy) is 1. The van der Waals surface area contributed by atoms with E-state index in [1.54, 1.807) is 18.4 Å². The normalized spacial score (nSPS) is 11.7. The minimum atomic E-state index is -0.101. The lowest BCUT2D eigenvalue weighted by molar-refractivity contribution is 0.181. The van der Waals surface area contributed by atoms with Crippen molar-refractivity contribution < 1.29 is 4.74 Å². The van der Waals surface area contributed by atoms with Crippen molar-refractivity contribution in [1.82, 2.24) is 15.0 Å². The van der Waals surface area contributed by atoms with Crippen LogP contribution in [0, 0.1) is 0 Å². The molecule has 0 atom stereocenters. The molecule has 0 radical (unpaired) electrons. The van der Waals surface area contributed by atoms with Gasteiger partial charge in [0.25, 0.3) is 0 Å². The molecule has 0 spiro atoms. The number of aryl methyl sites for hydroxylation is 1. The lowest BCUT2D eigenvalue weighted by Gasteiger charge is -2.18. The van der Waals surface area contributed by atoms with Crippen molar-refractivity contribution in [3.63, 3.8) is 0 Å². The van der Waals surface area contributed by atoms with E-state index < -0.39 is 0 Å². The number of nitrogens with one attached hydrogen (secondary N) is 1. The fourth-order valence-corrected chi connectivity index (χ4v) is 2.66. The summed E-state index contributed by atoms with van der Waals surface area (Å²) in [6.45, 7) is 9.59. The first-order valence-corrected chi connectivity index (χ1v) is 8.35. The van der Waals surface area contributed by atoms with E-state index in [2.05, 4.69) is 53.3 Å². The Kier molecular flexibility index (Phi) is 5.47. The van der Waals surface area contributed by atoms with Gasteiger partial charge in [-0.05, 0) is 6.42 Å². The monoisotopic (exact) mass is 320 g/mol. The first-order valence-electron chi connectivity index (χ1n) is 7.47. The Morgan fingerprint density at radius 3 is 2.55 bits per heavy atom. The number of rotatable bonds is 6. The van der Waals surface area contributed by atoms with Crippen LogP contribution in [0.4, 0.5) is 5.82 Å². The minimum absolute atomic E-state index is 0.101. The highest BCUT2D eigenvalue weighted by molar-refractivity contribution is 7.09. The Hall–Kier alpha value is -1.53. The molecule has 2 aromatic heterocycles. The van der Waals surface area contributed by atoms with Gasteiger partial charge in [-0.15, -0.1) is 11.3 Å². The van der Waals surface area contributed by atoms with Gasteiger partial charge in [-0.3, -0.25) is 0 Å². The maximum atomic E-state index is 5.20. The average Bonchev–Trinajstić information content (AvgIpc) is 2.92. The van der Waals surface area contributed by atoms with Crippen molar-refractivity contribution in [3.8, 4) is 0 Å². The van der Waals surface area contributed by atoms with Crippen LogP contribution >= 0.6 is 11.3 Å². The molecule has 2 heterocycles. The number of nitrogens with zero attached hydrogens (tertiary/aromatic N) is 3. The molecule has 22 heavy (non-hydrogen) atoms. The largest absolute Gasteiger partial charge is 0.378 e. The van der Waals surface area contributed by atoms with Crippen LogP contribution in [0.1, 0.15) is 49.9 Å². The maximum absolute atomic E-state index is 5.20. The van der Waals surface area contributed by atoms with E-state index in [0.29, 0.717) is 13.2 Å². The van der Waals surface area contributed by atoms with Crippen LogP contribution < -0.4 is 5.32 Å². The summed E-state index contributed by atoms with van der Waals surface area (Å²) in [5, 5.41) is 6.60. The summed E-state index contributed by atoms with van der Waals surface area (Å²) in [5.74, 6) is 1.63. The van der Waals surface area contributed by atoms with Crippen LogP contribution in [0.25, 0.3) is 0 Å². The third kappa shape index (κ3) is 4.48. The maximum Gasteiger partial charge on any atom is 0.136 e. The van der Waals surface area contributed by atoms with Gasteiger partial charge in [0.15, 0.2) is 0 Å². The number of aromatic nitrogens is 3. The molecule has 0 unspecified atom stereocenters. The van der Waals surface area contributed by atoms with Crippen molar-refractivity contribution in [2.45, 2.75) is 52.7 Å².